The number of carbonyl (C=O) groups is 2. The molecule has 1 aliphatic carbocycles. The molecule has 1 aromatic carbocycles. The molecule has 2 amide bonds. The van der Waals surface area contributed by atoms with Gasteiger partial charge in [-0.1, -0.05) is 17.4 Å². The Balaban J connectivity index is 1.15. The van der Waals surface area contributed by atoms with Crippen molar-refractivity contribution in [3.63, 3.8) is 0 Å². The minimum absolute atomic E-state index is 0.0345. The molecule has 0 radical (unpaired) electrons. The molecule has 0 bridgehead atoms. The maximum atomic E-state index is 13.4. The second-order valence-corrected chi connectivity index (χ2v) is 11.7. The number of pyridine rings is 2. The molecule has 1 aliphatic heterocycles. The molecule has 1 saturated heterocycles. The molecule has 4 aromatic heterocycles. The number of anilines is 1. The average molecular weight is 591 g/mol. The van der Waals surface area contributed by atoms with Crippen LogP contribution in [0.2, 0.25) is 0 Å². The molecule has 0 spiro atoms. The van der Waals surface area contributed by atoms with E-state index in [0.717, 1.165) is 76.9 Å². The normalized spacial score (nSPS) is 14.7. The number of hydrogen-bond acceptors (Lipinski definition) is 8. The van der Waals surface area contributed by atoms with Crippen molar-refractivity contribution >= 4 is 28.3 Å². The fourth-order valence-corrected chi connectivity index (χ4v) is 6.87. The van der Waals surface area contributed by atoms with Crippen LogP contribution in [-0.4, -0.2) is 72.5 Å². The van der Waals surface area contributed by atoms with Gasteiger partial charge < -0.3 is 10.2 Å². The zero-order chi connectivity index (χ0) is 29.3. The number of benzene rings is 1. The molecule has 0 unspecified atom stereocenters. The Morgan fingerprint density at radius 3 is 2.51 bits per heavy atom. The number of fused-ring (bicyclic) bond motifs is 3. The van der Waals surface area contributed by atoms with Gasteiger partial charge in [0, 0.05) is 74.9 Å². The van der Waals surface area contributed by atoms with Gasteiger partial charge in [0.05, 0.1) is 33.3 Å². The Bertz CT molecular complexity index is 1780. The number of piperazine rings is 1. The molecule has 1 N–H and O–H groups in total. The number of carbonyl (C=O) groups excluding carboxylic acids is 2. The third-order valence-electron chi connectivity index (χ3n) is 7.86. The van der Waals surface area contributed by atoms with Crippen molar-refractivity contribution < 1.29 is 9.59 Å². The highest BCUT2D eigenvalue weighted by atomic mass is 32.1. The van der Waals surface area contributed by atoms with Crippen LogP contribution in [0.4, 0.5) is 5.13 Å². The first-order valence-electron chi connectivity index (χ1n) is 14.4. The number of aryl methyl sites for hydroxylation is 1. The van der Waals surface area contributed by atoms with Crippen LogP contribution in [0.25, 0.3) is 27.5 Å². The van der Waals surface area contributed by atoms with Crippen LogP contribution < -0.4 is 5.32 Å². The van der Waals surface area contributed by atoms with Crippen LogP contribution in [0.3, 0.4) is 0 Å². The van der Waals surface area contributed by atoms with Gasteiger partial charge >= 0.3 is 0 Å². The minimum atomic E-state index is -0.147. The molecule has 216 valence electrons. The van der Waals surface area contributed by atoms with E-state index in [1.165, 1.54) is 18.3 Å². The quantitative estimate of drug-likeness (QED) is 0.311. The summed E-state index contributed by atoms with van der Waals surface area (Å²) in [6.07, 6.45) is 6.94. The Kier molecular flexibility index (Phi) is 7.25. The minimum Gasteiger partial charge on any atom is -0.336 e. The predicted octanol–water partition coefficient (Wildman–Crippen LogP) is 4.47. The van der Waals surface area contributed by atoms with Crippen LogP contribution in [0.5, 0.6) is 0 Å². The van der Waals surface area contributed by atoms with Gasteiger partial charge in [0.2, 0.25) is 5.91 Å². The maximum Gasteiger partial charge on any atom is 0.253 e. The first kappa shape index (κ1) is 27.1. The van der Waals surface area contributed by atoms with Gasteiger partial charge in [-0.3, -0.25) is 24.5 Å². The van der Waals surface area contributed by atoms with Crippen molar-refractivity contribution in [2.45, 2.75) is 26.3 Å². The topological polar surface area (TPSA) is 109 Å². The zero-order valence-electron chi connectivity index (χ0n) is 23.7. The highest BCUT2D eigenvalue weighted by Crippen LogP contribution is 2.44. The van der Waals surface area contributed by atoms with Crippen LogP contribution >= 0.6 is 11.3 Å². The summed E-state index contributed by atoms with van der Waals surface area (Å²) in [5, 5.41) is 8.49. The van der Waals surface area contributed by atoms with Crippen LogP contribution in [-0.2, 0) is 24.2 Å². The molecule has 5 aromatic rings. The Labute approximate surface area is 253 Å². The van der Waals surface area contributed by atoms with Gasteiger partial charge in [-0.2, -0.15) is 5.10 Å². The molecule has 1 fully saturated rings. The van der Waals surface area contributed by atoms with Crippen LogP contribution in [0, 0.1) is 0 Å². The fourth-order valence-electron chi connectivity index (χ4n) is 5.75. The summed E-state index contributed by atoms with van der Waals surface area (Å²) in [7, 11) is 0. The summed E-state index contributed by atoms with van der Waals surface area (Å²) in [4.78, 5) is 43.9. The lowest BCUT2D eigenvalue weighted by Crippen LogP contribution is -2.48. The smallest absolute Gasteiger partial charge is 0.253 e. The molecule has 2 aliphatic rings. The number of nitrogens with one attached hydrogen (secondary N) is 1. The first-order valence-corrected chi connectivity index (χ1v) is 15.2. The van der Waals surface area contributed by atoms with Gasteiger partial charge in [-0.05, 0) is 61.4 Å². The summed E-state index contributed by atoms with van der Waals surface area (Å²) in [5.41, 5.74) is 7.43. The third kappa shape index (κ3) is 5.44. The average Bonchev–Trinajstić information content (AvgIpc) is 3.63. The van der Waals surface area contributed by atoms with Crippen molar-refractivity contribution in [1.29, 1.82) is 0 Å². The summed E-state index contributed by atoms with van der Waals surface area (Å²) in [6, 6.07) is 17.6. The molecular formula is C32H30N8O2S. The number of thiazole rings is 1. The summed E-state index contributed by atoms with van der Waals surface area (Å²) in [6.45, 7) is 5.27. The molecule has 0 saturated carbocycles. The lowest BCUT2D eigenvalue weighted by molar-refractivity contribution is -0.114. The molecule has 5 heterocycles. The van der Waals surface area contributed by atoms with E-state index in [0.29, 0.717) is 23.8 Å². The van der Waals surface area contributed by atoms with Gasteiger partial charge in [0.1, 0.15) is 0 Å². The number of nitrogens with zero attached hydrogens (tertiary/aromatic N) is 7. The van der Waals surface area contributed by atoms with Crippen molar-refractivity contribution in [2.75, 3.05) is 31.5 Å². The van der Waals surface area contributed by atoms with E-state index in [4.69, 9.17) is 10.1 Å². The summed E-state index contributed by atoms with van der Waals surface area (Å²) >= 11 is 1.46. The van der Waals surface area contributed by atoms with Gasteiger partial charge in [-0.25, -0.2) is 9.67 Å². The molecule has 0 atom stereocenters. The fraction of sp³-hybridized carbons (Fsp3) is 0.250. The van der Waals surface area contributed by atoms with Crippen molar-refractivity contribution in [1.82, 2.24) is 34.5 Å². The molecule has 10 nitrogen and oxygen atoms in total. The highest BCUT2D eigenvalue weighted by molar-refractivity contribution is 7.19. The maximum absolute atomic E-state index is 13.4. The Morgan fingerprint density at radius 1 is 0.953 bits per heavy atom. The third-order valence-corrected chi connectivity index (χ3v) is 8.88. The van der Waals surface area contributed by atoms with Gasteiger partial charge in [0.25, 0.3) is 5.91 Å². The molecule has 11 heteroatoms. The Morgan fingerprint density at radius 2 is 1.79 bits per heavy atom. The first-order chi connectivity index (χ1) is 21.0. The van der Waals surface area contributed by atoms with Gasteiger partial charge in [0.15, 0.2) is 5.13 Å². The predicted molar refractivity (Wildman–Crippen MR) is 165 cm³/mol. The lowest BCUT2D eigenvalue weighted by Gasteiger charge is -2.34. The standard InChI is InChI=1S/C32H30N8O2S/c1-21(41)35-32-36-27-12-11-26-28(23-5-4-13-33-19-23)37-40(29(26)30(27)43-32)25-9-7-22(8-10-25)31(42)39-17-15-38(16-18-39)20-24-6-2-3-14-34-24/h2-10,13-14,19H,11-12,15-18,20H2,1H3,(H,35,36,41). The lowest BCUT2D eigenvalue weighted by atomic mass is 9.95. The SMILES string of the molecule is CC(=O)Nc1nc2c(s1)-c1c(c(-c3cccnc3)nn1-c1ccc(C(=O)N3CCN(Cc4ccccn4)CC3)cc1)CC2. The Hall–Kier alpha value is -4.74. The van der Waals surface area contributed by atoms with E-state index in [1.54, 1.807) is 6.20 Å². The second-order valence-electron chi connectivity index (χ2n) is 10.7. The van der Waals surface area contributed by atoms with Crippen molar-refractivity contribution in [2.24, 2.45) is 0 Å². The summed E-state index contributed by atoms with van der Waals surface area (Å²) in [5.74, 6) is -0.113. The number of hydrogen-bond donors (Lipinski definition) is 1. The van der Waals surface area contributed by atoms with Crippen LogP contribution in [0.1, 0.15) is 34.2 Å². The summed E-state index contributed by atoms with van der Waals surface area (Å²) < 4.78 is 1.94. The van der Waals surface area contributed by atoms with Crippen molar-refractivity contribution in [3.05, 3.63) is 95.7 Å². The monoisotopic (exact) mass is 590 g/mol. The van der Waals surface area contributed by atoms with E-state index >= 15 is 0 Å². The molecule has 43 heavy (non-hydrogen) atoms. The van der Waals surface area contributed by atoms with E-state index in [-0.39, 0.29) is 11.8 Å². The number of rotatable bonds is 6. The second kappa shape index (κ2) is 11.5. The van der Waals surface area contributed by atoms with Crippen molar-refractivity contribution in [3.8, 4) is 27.5 Å². The highest BCUT2D eigenvalue weighted by Gasteiger charge is 2.30. The molecular weight excluding hydrogens is 560 g/mol. The van der Waals surface area contributed by atoms with Gasteiger partial charge in [-0.15, -0.1) is 0 Å². The van der Waals surface area contributed by atoms with E-state index in [9.17, 15) is 9.59 Å². The van der Waals surface area contributed by atoms with E-state index in [1.807, 2.05) is 76.6 Å². The molecule has 7 rings (SSSR count). The number of amides is 2. The van der Waals surface area contributed by atoms with Crippen LogP contribution in [0.15, 0.2) is 73.2 Å². The van der Waals surface area contributed by atoms with E-state index in [2.05, 4.69) is 20.2 Å². The number of aromatic nitrogens is 5. The zero-order valence-corrected chi connectivity index (χ0v) is 24.5. The largest absolute Gasteiger partial charge is 0.336 e. The van der Waals surface area contributed by atoms with E-state index < -0.39 is 0 Å².